The minimum absolute atomic E-state index is 0.277. The zero-order valence-corrected chi connectivity index (χ0v) is 14.8. The summed E-state index contributed by atoms with van der Waals surface area (Å²) in [4.78, 5) is 2.34. The van der Waals surface area contributed by atoms with Crippen molar-refractivity contribution in [1.29, 1.82) is 0 Å². The van der Waals surface area contributed by atoms with Crippen molar-refractivity contribution in [3.05, 3.63) is 17.5 Å². The first kappa shape index (κ1) is 16.0. The van der Waals surface area contributed by atoms with Gasteiger partial charge in [-0.3, -0.25) is 4.57 Å². The Morgan fingerprint density at radius 2 is 2.12 bits per heavy atom. The number of hydrogen-bond acceptors (Lipinski definition) is 7. The summed E-state index contributed by atoms with van der Waals surface area (Å²) >= 11 is 1.69. The van der Waals surface area contributed by atoms with Gasteiger partial charge in [-0.15, -0.1) is 10.2 Å². The van der Waals surface area contributed by atoms with Gasteiger partial charge in [0.15, 0.2) is 5.16 Å². The van der Waals surface area contributed by atoms with E-state index in [1.165, 1.54) is 12.8 Å². The molecule has 2 aromatic rings. The maximum Gasteiger partial charge on any atom is 0.228 e. The van der Waals surface area contributed by atoms with E-state index in [2.05, 4.69) is 24.8 Å². The molecule has 4 rings (SSSR count). The van der Waals surface area contributed by atoms with E-state index in [0.29, 0.717) is 0 Å². The fourth-order valence-electron chi connectivity index (χ4n) is 3.29. The molecule has 0 aromatic carbocycles. The largest absolute Gasteiger partial charge is 0.376 e. The number of thioether (sulfide) groups is 1. The van der Waals surface area contributed by atoms with Crippen molar-refractivity contribution in [1.82, 2.24) is 19.9 Å². The fraction of sp³-hybridized carbons (Fsp3) is 0.688. The Balaban J connectivity index is 1.54. The van der Waals surface area contributed by atoms with E-state index < -0.39 is 0 Å². The Morgan fingerprint density at radius 1 is 1.25 bits per heavy atom. The quantitative estimate of drug-likeness (QED) is 0.743. The highest BCUT2D eigenvalue weighted by molar-refractivity contribution is 7.98. The van der Waals surface area contributed by atoms with E-state index in [-0.39, 0.29) is 6.10 Å². The molecule has 2 aliphatic heterocycles. The van der Waals surface area contributed by atoms with Crippen molar-refractivity contribution in [3.8, 4) is 0 Å². The molecule has 2 aliphatic rings. The van der Waals surface area contributed by atoms with Crippen molar-refractivity contribution in [2.24, 2.45) is 0 Å². The van der Waals surface area contributed by atoms with Gasteiger partial charge in [0, 0.05) is 31.0 Å². The minimum Gasteiger partial charge on any atom is -0.376 e. The minimum atomic E-state index is 0.277. The lowest BCUT2D eigenvalue weighted by molar-refractivity contribution is 0.0952. The molecule has 0 radical (unpaired) electrons. The highest BCUT2D eigenvalue weighted by Crippen LogP contribution is 2.29. The lowest BCUT2D eigenvalue weighted by atomic mass is 10.2. The molecule has 7 nitrogen and oxygen atoms in total. The van der Waals surface area contributed by atoms with Gasteiger partial charge in [-0.1, -0.05) is 16.9 Å². The van der Waals surface area contributed by atoms with E-state index in [0.717, 1.165) is 67.3 Å². The van der Waals surface area contributed by atoms with Crippen LogP contribution < -0.4 is 4.90 Å². The van der Waals surface area contributed by atoms with Crippen LogP contribution in [-0.2, 0) is 17.0 Å². The number of rotatable bonds is 6. The monoisotopic (exact) mass is 349 g/mol. The molecule has 2 saturated heterocycles. The molecule has 0 bridgehead atoms. The van der Waals surface area contributed by atoms with Crippen LogP contribution in [0.4, 0.5) is 5.95 Å². The summed E-state index contributed by atoms with van der Waals surface area (Å²) in [6.07, 6.45) is 6.79. The molecule has 0 N–H and O–H groups in total. The van der Waals surface area contributed by atoms with Crippen molar-refractivity contribution < 1.29 is 9.26 Å². The van der Waals surface area contributed by atoms with Crippen LogP contribution in [0.5, 0.6) is 0 Å². The van der Waals surface area contributed by atoms with Gasteiger partial charge in [-0.2, -0.15) is 0 Å². The Labute approximate surface area is 145 Å². The summed E-state index contributed by atoms with van der Waals surface area (Å²) in [6.45, 7) is 5.78. The molecule has 4 heterocycles. The summed E-state index contributed by atoms with van der Waals surface area (Å²) in [5.41, 5.74) is 1.11. The number of anilines is 1. The zero-order valence-electron chi connectivity index (χ0n) is 14.0. The number of aryl methyl sites for hydroxylation is 1. The van der Waals surface area contributed by atoms with Gasteiger partial charge < -0.3 is 14.2 Å². The third kappa shape index (κ3) is 3.30. The first-order chi connectivity index (χ1) is 11.8. The maximum absolute atomic E-state index is 5.84. The first-order valence-electron chi connectivity index (χ1n) is 8.64. The molecule has 8 heteroatoms. The molecule has 0 spiro atoms. The van der Waals surface area contributed by atoms with Crippen LogP contribution in [-0.4, -0.2) is 45.7 Å². The summed E-state index contributed by atoms with van der Waals surface area (Å²) in [6, 6.07) is 0. The van der Waals surface area contributed by atoms with Crippen LogP contribution in [0.2, 0.25) is 0 Å². The van der Waals surface area contributed by atoms with Gasteiger partial charge in [-0.25, -0.2) is 0 Å². The first-order valence-corrected chi connectivity index (χ1v) is 9.62. The molecule has 1 atom stereocenters. The molecule has 0 amide bonds. The second-order valence-corrected chi connectivity index (χ2v) is 7.36. The normalized spacial score (nSPS) is 21.0. The molecule has 130 valence electrons. The number of hydrogen-bond donors (Lipinski definition) is 0. The van der Waals surface area contributed by atoms with E-state index in [4.69, 9.17) is 9.26 Å². The van der Waals surface area contributed by atoms with Crippen LogP contribution in [0.15, 0.2) is 15.9 Å². The summed E-state index contributed by atoms with van der Waals surface area (Å²) in [5.74, 6) is 2.65. The van der Waals surface area contributed by atoms with E-state index >= 15 is 0 Å². The predicted molar refractivity (Wildman–Crippen MR) is 91.2 cm³/mol. The highest BCUT2D eigenvalue weighted by atomic mass is 32.2. The van der Waals surface area contributed by atoms with E-state index in [1.807, 2.05) is 6.92 Å². The van der Waals surface area contributed by atoms with Crippen LogP contribution in [0.1, 0.15) is 37.0 Å². The average molecular weight is 349 g/mol. The third-order valence-corrected chi connectivity index (χ3v) is 5.72. The predicted octanol–water partition coefficient (Wildman–Crippen LogP) is 2.65. The Kier molecular flexibility index (Phi) is 4.75. The van der Waals surface area contributed by atoms with E-state index in [1.54, 1.807) is 18.0 Å². The molecular weight excluding hydrogens is 326 g/mol. The number of ether oxygens (including phenoxy) is 1. The molecule has 0 unspecified atom stereocenters. The highest BCUT2D eigenvalue weighted by Gasteiger charge is 2.25. The van der Waals surface area contributed by atoms with Gasteiger partial charge in [0.25, 0.3) is 0 Å². The molecule has 24 heavy (non-hydrogen) atoms. The van der Waals surface area contributed by atoms with Crippen LogP contribution in [0, 0.1) is 6.92 Å². The zero-order chi connectivity index (χ0) is 16.4. The second-order valence-electron chi connectivity index (χ2n) is 6.42. The van der Waals surface area contributed by atoms with Crippen molar-refractivity contribution >= 4 is 17.7 Å². The SMILES string of the molecule is Cc1oncc1CSc1nnc(N2CCCC2)n1C[C@H]1CCCO1. The summed E-state index contributed by atoms with van der Waals surface area (Å²) < 4.78 is 13.2. The Morgan fingerprint density at radius 3 is 2.83 bits per heavy atom. The van der Waals surface area contributed by atoms with Gasteiger partial charge in [0.05, 0.1) is 18.8 Å². The lowest BCUT2D eigenvalue weighted by Crippen LogP contribution is -2.25. The average Bonchev–Trinajstić information content (AvgIpc) is 3.34. The van der Waals surface area contributed by atoms with Gasteiger partial charge >= 0.3 is 0 Å². The van der Waals surface area contributed by atoms with Crippen molar-refractivity contribution in [2.75, 3.05) is 24.6 Å². The number of aromatic nitrogens is 4. The van der Waals surface area contributed by atoms with Crippen molar-refractivity contribution in [2.45, 2.75) is 56.2 Å². The Hall–Kier alpha value is -1.54. The van der Waals surface area contributed by atoms with Crippen molar-refractivity contribution in [3.63, 3.8) is 0 Å². The molecular formula is C16H23N5O2S. The van der Waals surface area contributed by atoms with Gasteiger partial charge in [0.1, 0.15) is 5.76 Å². The van der Waals surface area contributed by atoms with Gasteiger partial charge in [-0.05, 0) is 32.6 Å². The molecule has 2 fully saturated rings. The van der Waals surface area contributed by atoms with Crippen LogP contribution >= 0.6 is 11.8 Å². The maximum atomic E-state index is 5.84. The van der Waals surface area contributed by atoms with Crippen LogP contribution in [0.3, 0.4) is 0 Å². The fourth-order valence-corrected chi connectivity index (χ4v) is 4.26. The van der Waals surface area contributed by atoms with E-state index in [9.17, 15) is 0 Å². The topological polar surface area (TPSA) is 69.2 Å². The van der Waals surface area contributed by atoms with Gasteiger partial charge in [0.2, 0.25) is 5.95 Å². The lowest BCUT2D eigenvalue weighted by Gasteiger charge is -2.20. The van der Waals surface area contributed by atoms with Crippen LogP contribution in [0.25, 0.3) is 0 Å². The molecule has 0 aliphatic carbocycles. The standard InChI is InChI=1S/C16H23N5O2S/c1-12-13(9-17-23-12)11-24-16-19-18-15(20-6-2-3-7-20)21(16)10-14-5-4-8-22-14/h9,14H,2-8,10-11H2,1H3/t14-/m1/s1. The second kappa shape index (κ2) is 7.14. The summed E-state index contributed by atoms with van der Waals surface area (Å²) in [5, 5.41) is 13.7. The third-order valence-electron chi connectivity index (χ3n) is 4.70. The smallest absolute Gasteiger partial charge is 0.228 e. The summed E-state index contributed by atoms with van der Waals surface area (Å²) in [7, 11) is 0. The Bertz CT molecular complexity index is 674. The molecule has 2 aromatic heterocycles. The number of nitrogens with zero attached hydrogens (tertiary/aromatic N) is 5. The molecule has 0 saturated carbocycles.